The minimum Gasteiger partial charge on any atom is -0.373 e. The molecule has 5 heteroatoms. The molecule has 0 radical (unpaired) electrons. The van der Waals surface area contributed by atoms with Crippen LogP contribution in [0.15, 0.2) is 4.52 Å². The molecule has 17 heavy (non-hydrogen) atoms. The third-order valence-corrected chi connectivity index (χ3v) is 2.57. The number of hydrogen-bond acceptors (Lipinski definition) is 5. The SMILES string of the molecule is COC(c1noc(CC(=O)C(C)C)n1)C(C)C. The highest BCUT2D eigenvalue weighted by atomic mass is 16.5. The lowest BCUT2D eigenvalue weighted by Gasteiger charge is -2.14. The van der Waals surface area contributed by atoms with Gasteiger partial charge in [-0.3, -0.25) is 4.79 Å². The minimum absolute atomic E-state index is 0.0197. The third kappa shape index (κ3) is 3.63. The van der Waals surface area contributed by atoms with Crippen LogP contribution in [0.2, 0.25) is 0 Å². The fraction of sp³-hybridized carbons (Fsp3) is 0.750. The highest BCUT2D eigenvalue weighted by molar-refractivity contribution is 5.81. The quantitative estimate of drug-likeness (QED) is 0.762. The van der Waals surface area contributed by atoms with E-state index in [1.54, 1.807) is 7.11 Å². The van der Waals surface area contributed by atoms with E-state index < -0.39 is 0 Å². The Balaban J connectivity index is 2.74. The average Bonchev–Trinajstić information content (AvgIpc) is 2.66. The van der Waals surface area contributed by atoms with Crippen molar-refractivity contribution in [2.75, 3.05) is 7.11 Å². The Hall–Kier alpha value is -1.23. The molecular formula is C12H20N2O3. The lowest BCUT2D eigenvalue weighted by molar-refractivity contribution is -0.121. The lowest BCUT2D eigenvalue weighted by Crippen LogP contribution is -2.12. The summed E-state index contributed by atoms with van der Waals surface area (Å²) in [5.41, 5.74) is 0. The van der Waals surface area contributed by atoms with E-state index in [0.29, 0.717) is 11.7 Å². The van der Waals surface area contributed by atoms with Gasteiger partial charge in [-0.15, -0.1) is 0 Å². The first kappa shape index (κ1) is 13.8. The van der Waals surface area contributed by atoms with Crippen LogP contribution in [0.4, 0.5) is 0 Å². The van der Waals surface area contributed by atoms with E-state index in [0.717, 1.165) is 0 Å². The molecule has 0 N–H and O–H groups in total. The van der Waals surface area contributed by atoms with E-state index in [1.165, 1.54) is 0 Å². The van der Waals surface area contributed by atoms with E-state index in [-0.39, 0.29) is 30.1 Å². The second-order valence-corrected chi connectivity index (χ2v) is 4.74. The van der Waals surface area contributed by atoms with Gasteiger partial charge in [0.05, 0.1) is 6.42 Å². The number of nitrogens with zero attached hydrogens (tertiary/aromatic N) is 2. The first-order valence-corrected chi connectivity index (χ1v) is 5.83. The van der Waals surface area contributed by atoms with Crippen molar-refractivity contribution in [2.24, 2.45) is 11.8 Å². The van der Waals surface area contributed by atoms with Gasteiger partial charge in [0.15, 0.2) is 0 Å². The topological polar surface area (TPSA) is 65.2 Å². The molecule has 1 rings (SSSR count). The van der Waals surface area contributed by atoms with Crippen LogP contribution in [0.3, 0.4) is 0 Å². The number of carbonyl (C=O) groups excluding carboxylic acids is 1. The van der Waals surface area contributed by atoms with Gasteiger partial charge < -0.3 is 9.26 Å². The zero-order chi connectivity index (χ0) is 13.0. The van der Waals surface area contributed by atoms with E-state index in [1.807, 2.05) is 27.7 Å². The van der Waals surface area contributed by atoms with Gasteiger partial charge in [0.2, 0.25) is 11.7 Å². The largest absolute Gasteiger partial charge is 0.373 e. The van der Waals surface area contributed by atoms with Gasteiger partial charge >= 0.3 is 0 Å². The maximum Gasteiger partial charge on any atom is 0.234 e. The van der Waals surface area contributed by atoms with Crippen molar-refractivity contribution in [3.63, 3.8) is 0 Å². The van der Waals surface area contributed by atoms with Crippen LogP contribution >= 0.6 is 0 Å². The van der Waals surface area contributed by atoms with E-state index in [4.69, 9.17) is 9.26 Å². The predicted molar refractivity (Wildman–Crippen MR) is 62.4 cm³/mol. The molecule has 0 saturated heterocycles. The van der Waals surface area contributed by atoms with Crippen molar-refractivity contribution in [1.29, 1.82) is 0 Å². The summed E-state index contributed by atoms with van der Waals surface area (Å²) in [7, 11) is 1.61. The molecule has 0 aromatic carbocycles. The maximum atomic E-state index is 11.5. The second-order valence-electron chi connectivity index (χ2n) is 4.74. The molecular weight excluding hydrogens is 220 g/mol. The summed E-state index contributed by atoms with van der Waals surface area (Å²) in [6.07, 6.45) is 0.000732. The summed E-state index contributed by atoms with van der Waals surface area (Å²) < 4.78 is 10.4. The van der Waals surface area contributed by atoms with Crippen LogP contribution in [-0.2, 0) is 16.0 Å². The molecule has 1 atom stereocenters. The molecule has 1 aromatic heterocycles. The number of ketones is 1. The number of Topliss-reactive ketones (excluding diaryl/α,β-unsaturated/α-hetero) is 1. The van der Waals surface area contributed by atoms with Gasteiger partial charge in [0.25, 0.3) is 0 Å². The molecule has 0 aliphatic heterocycles. The zero-order valence-corrected chi connectivity index (χ0v) is 11.1. The lowest BCUT2D eigenvalue weighted by atomic mass is 10.1. The summed E-state index contributed by atoms with van der Waals surface area (Å²) in [4.78, 5) is 15.7. The number of aromatic nitrogens is 2. The van der Waals surface area contributed by atoms with Gasteiger partial charge in [-0.1, -0.05) is 32.9 Å². The normalized spacial score (nSPS) is 13.4. The van der Waals surface area contributed by atoms with Crippen LogP contribution in [0.1, 0.15) is 45.5 Å². The molecule has 0 aliphatic carbocycles. The van der Waals surface area contributed by atoms with Crippen molar-refractivity contribution in [3.8, 4) is 0 Å². The summed E-state index contributed by atoms with van der Waals surface area (Å²) in [6, 6.07) is 0. The summed E-state index contributed by atoms with van der Waals surface area (Å²) in [6.45, 7) is 7.74. The first-order chi connectivity index (χ1) is 7.95. The van der Waals surface area contributed by atoms with Crippen LogP contribution in [-0.4, -0.2) is 23.0 Å². The number of hydrogen-bond donors (Lipinski definition) is 0. The molecule has 1 aromatic rings. The molecule has 0 amide bonds. The average molecular weight is 240 g/mol. The first-order valence-electron chi connectivity index (χ1n) is 5.83. The molecule has 1 heterocycles. The van der Waals surface area contributed by atoms with E-state index >= 15 is 0 Å². The van der Waals surface area contributed by atoms with Crippen LogP contribution in [0.5, 0.6) is 0 Å². The molecule has 0 bridgehead atoms. The Morgan fingerprint density at radius 2 is 2.00 bits per heavy atom. The second kappa shape index (κ2) is 5.91. The maximum absolute atomic E-state index is 11.5. The fourth-order valence-electron chi connectivity index (χ4n) is 1.48. The van der Waals surface area contributed by atoms with Crippen molar-refractivity contribution < 1.29 is 14.1 Å². The van der Waals surface area contributed by atoms with Gasteiger partial charge in [0, 0.05) is 13.0 Å². The molecule has 0 fully saturated rings. The molecule has 96 valence electrons. The van der Waals surface area contributed by atoms with Crippen LogP contribution in [0.25, 0.3) is 0 Å². The number of methoxy groups -OCH3 is 1. The van der Waals surface area contributed by atoms with Crippen molar-refractivity contribution in [3.05, 3.63) is 11.7 Å². The standard InChI is InChI=1S/C12H20N2O3/c1-7(2)9(15)6-10-13-12(14-17-10)11(16-5)8(3)4/h7-8,11H,6H2,1-5H3. The van der Waals surface area contributed by atoms with Crippen LogP contribution in [0, 0.1) is 11.8 Å². The number of carbonyl (C=O) groups is 1. The molecule has 5 nitrogen and oxygen atoms in total. The number of ether oxygens (including phenoxy) is 1. The zero-order valence-electron chi connectivity index (χ0n) is 11.1. The summed E-state index contributed by atoms with van der Waals surface area (Å²) >= 11 is 0. The highest BCUT2D eigenvalue weighted by Crippen LogP contribution is 2.22. The van der Waals surface area contributed by atoms with E-state index in [2.05, 4.69) is 10.1 Å². The Morgan fingerprint density at radius 1 is 1.35 bits per heavy atom. The molecule has 1 unspecified atom stereocenters. The fourth-order valence-corrected chi connectivity index (χ4v) is 1.48. The van der Waals surface area contributed by atoms with Gasteiger partial charge in [-0.25, -0.2) is 0 Å². The Labute approximate surface area is 102 Å². The van der Waals surface area contributed by atoms with Gasteiger partial charge in [-0.05, 0) is 5.92 Å². The van der Waals surface area contributed by atoms with Crippen LogP contribution < -0.4 is 0 Å². The van der Waals surface area contributed by atoms with Gasteiger partial charge in [0.1, 0.15) is 11.9 Å². The van der Waals surface area contributed by atoms with Crippen molar-refractivity contribution >= 4 is 5.78 Å². The molecule has 0 saturated carbocycles. The monoisotopic (exact) mass is 240 g/mol. The van der Waals surface area contributed by atoms with Gasteiger partial charge in [-0.2, -0.15) is 4.98 Å². The minimum atomic E-state index is -0.193. The van der Waals surface area contributed by atoms with E-state index in [9.17, 15) is 4.79 Å². The third-order valence-electron chi connectivity index (χ3n) is 2.57. The van der Waals surface area contributed by atoms with Crippen molar-refractivity contribution in [1.82, 2.24) is 10.1 Å². The Kier molecular flexibility index (Phi) is 4.81. The Morgan fingerprint density at radius 3 is 2.47 bits per heavy atom. The molecule has 0 aliphatic rings. The summed E-state index contributed by atoms with van der Waals surface area (Å²) in [5.74, 6) is 1.20. The highest BCUT2D eigenvalue weighted by Gasteiger charge is 2.22. The molecule has 0 spiro atoms. The smallest absolute Gasteiger partial charge is 0.234 e. The number of rotatable bonds is 6. The predicted octanol–water partition coefficient (Wildman–Crippen LogP) is 2.18. The summed E-state index contributed by atoms with van der Waals surface area (Å²) in [5, 5.41) is 3.86. The Bertz CT molecular complexity index is 372. The van der Waals surface area contributed by atoms with Crippen molar-refractivity contribution in [2.45, 2.75) is 40.2 Å².